The van der Waals surface area contributed by atoms with Gasteiger partial charge >= 0.3 is 0 Å². The summed E-state index contributed by atoms with van der Waals surface area (Å²) in [7, 11) is 0. The molecule has 4 nitrogen and oxygen atoms in total. The summed E-state index contributed by atoms with van der Waals surface area (Å²) in [6.45, 7) is 4.40. The van der Waals surface area contributed by atoms with Gasteiger partial charge in [-0.15, -0.1) is 6.58 Å². The van der Waals surface area contributed by atoms with Crippen molar-refractivity contribution in [3.8, 4) is 0 Å². The molecular formula is C16H15N3O. The van der Waals surface area contributed by atoms with Crippen LogP contribution in [0.1, 0.15) is 11.3 Å². The van der Waals surface area contributed by atoms with E-state index in [0.29, 0.717) is 13.1 Å². The van der Waals surface area contributed by atoms with Gasteiger partial charge < -0.3 is 4.57 Å². The highest BCUT2D eigenvalue weighted by Crippen LogP contribution is 2.17. The lowest BCUT2D eigenvalue weighted by Gasteiger charge is -2.13. The number of rotatable bonds is 3. The fraction of sp³-hybridized carbons (Fsp3) is 0.125. The highest BCUT2D eigenvalue weighted by Gasteiger charge is 2.22. The van der Waals surface area contributed by atoms with Crippen molar-refractivity contribution in [3.63, 3.8) is 0 Å². The second-order valence-electron chi connectivity index (χ2n) is 4.60. The minimum atomic E-state index is -0.0340. The molecule has 1 aliphatic heterocycles. The van der Waals surface area contributed by atoms with Gasteiger partial charge in [0.15, 0.2) is 0 Å². The number of hydrazone groups is 1. The van der Waals surface area contributed by atoms with Gasteiger partial charge in [0.05, 0.1) is 12.2 Å². The Bertz CT molecular complexity index is 670. The fourth-order valence-electron chi connectivity index (χ4n) is 2.29. The highest BCUT2D eigenvalue weighted by atomic mass is 16.2. The van der Waals surface area contributed by atoms with Crippen molar-refractivity contribution in [3.05, 3.63) is 72.6 Å². The van der Waals surface area contributed by atoms with Crippen LogP contribution in [-0.4, -0.2) is 27.7 Å². The molecule has 2 heterocycles. The molecule has 0 saturated carbocycles. The van der Waals surface area contributed by atoms with E-state index in [1.807, 2.05) is 53.2 Å². The zero-order valence-corrected chi connectivity index (χ0v) is 11.1. The minimum Gasteiger partial charge on any atom is -0.337 e. The summed E-state index contributed by atoms with van der Waals surface area (Å²) < 4.78 is 1.93. The van der Waals surface area contributed by atoms with Gasteiger partial charge in [-0.1, -0.05) is 36.4 Å². The van der Waals surface area contributed by atoms with Crippen LogP contribution in [0.25, 0.3) is 0 Å². The maximum atomic E-state index is 12.2. The Morgan fingerprint density at radius 2 is 2.00 bits per heavy atom. The normalized spacial score (nSPS) is 14.5. The van der Waals surface area contributed by atoms with Gasteiger partial charge in [0.2, 0.25) is 0 Å². The van der Waals surface area contributed by atoms with Crippen LogP contribution in [0.5, 0.6) is 0 Å². The van der Waals surface area contributed by atoms with Crippen LogP contribution in [0.15, 0.2) is 66.4 Å². The van der Waals surface area contributed by atoms with Gasteiger partial charge in [0.1, 0.15) is 12.3 Å². The molecule has 3 rings (SSSR count). The molecule has 0 atom stereocenters. The van der Waals surface area contributed by atoms with Gasteiger partial charge in [0.25, 0.3) is 5.91 Å². The van der Waals surface area contributed by atoms with Crippen LogP contribution < -0.4 is 0 Å². The van der Waals surface area contributed by atoms with Gasteiger partial charge in [0, 0.05) is 11.8 Å². The molecule has 0 aliphatic carbocycles. The summed E-state index contributed by atoms with van der Waals surface area (Å²) in [6.07, 6.45) is 3.59. The van der Waals surface area contributed by atoms with Crippen LogP contribution in [0.4, 0.5) is 0 Å². The van der Waals surface area contributed by atoms with E-state index in [1.54, 1.807) is 6.08 Å². The quantitative estimate of drug-likeness (QED) is 0.784. The SMILES string of the molecule is C=CCN1N=C(c2ccccc2)c2cccn2CC1=O. The van der Waals surface area contributed by atoms with Crippen molar-refractivity contribution in [2.75, 3.05) is 6.54 Å². The van der Waals surface area contributed by atoms with Gasteiger partial charge in [-0.2, -0.15) is 5.10 Å². The van der Waals surface area contributed by atoms with Crippen molar-refractivity contribution in [1.29, 1.82) is 0 Å². The first-order valence-corrected chi connectivity index (χ1v) is 6.50. The van der Waals surface area contributed by atoms with E-state index in [2.05, 4.69) is 11.7 Å². The van der Waals surface area contributed by atoms with E-state index in [-0.39, 0.29) is 5.91 Å². The van der Waals surface area contributed by atoms with Crippen LogP contribution >= 0.6 is 0 Å². The molecule has 100 valence electrons. The molecule has 0 bridgehead atoms. The van der Waals surface area contributed by atoms with Crippen LogP contribution in [0, 0.1) is 0 Å². The van der Waals surface area contributed by atoms with E-state index >= 15 is 0 Å². The van der Waals surface area contributed by atoms with E-state index in [9.17, 15) is 4.79 Å². The monoisotopic (exact) mass is 265 g/mol. The summed E-state index contributed by atoms with van der Waals surface area (Å²) in [6, 6.07) is 13.8. The zero-order valence-electron chi connectivity index (χ0n) is 11.1. The number of nitrogens with zero attached hydrogens (tertiary/aromatic N) is 3. The van der Waals surface area contributed by atoms with E-state index < -0.39 is 0 Å². The maximum absolute atomic E-state index is 12.2. The third-order valence-corrected chi connectivity index (χ3v) is 3.24. The molecule has 0 radical (unpaired) electrons. The summed E-state index contributed by atoms with van der Waals surface area (Å²) in [4.78, 5) is 12.2. The van der Waals surface area contributed by atoms with Crippen LogP contribution in [0.2, 0.25) is 0 Å². The molecule has 4 heteroatoms. The Morgan fingerprint density at radius 3 is 2.75 bits per heavy atom. The average molecular weight is 265 g/mol. The predicted octanol–water partition coefficient (Wildman–Crippen LogP) is 2.27. The minimum absolute atomic E-state index is 0.0340. The number of aromatic nitrogens is 1. The van der Waals surface area contributed by atoms with Crippen LogP contribution in [0.3, 0.4) is 0 Å². The van der Waals surface area contributed by atoms with Crippen molar-refractivity contribution >= 4 is 11.6 Å². The summed E-state index contributed by atoms with van der Waals surface area (Å²) in [5.41, 5.74) is 2.76. The van der Waals surface area contributed by atoms with E-state index in [4.69, 9.17) is 0 Å². The highest BCUT2D eigenvalue weighted by molar-refractivity contribution is 6.12. The molecule has 0 unspecified atom stereocenters. The maximum Gasteiger partial charge on any atom is 0.262 e. The smallest absolute Gasteiger partial charge is 0.262 e. The number of benzene rings is 1. The van der Waals surface area contributed by atoms with Crippen molar-refractivity contribution in [1.82, 2.24) is 9.58 Å². The molecule has 20 heavy (non-hydrogen) atoms. The van der Waals surface area contributed by atoms with E-state index in [0.717, 1.165) is 17.0 Å². The van der Waals surface area contributed by atoms with E-state index in [1.165, 1.54) is 5.01 Å². The lowest BCUT2D eigenvalue weighted by Crippen LogP contribution is -2.28. The lowest BCUT2D eigenvalue weighted by atomic mass is 10.1. The number of hydrogen-bond acceptors (Lipinski definition) is 2. The first kappa shape index (κ1) is 12.4. The molecule has 0 saturated heterocycles. The van der Waals surface area contributed by atoms with Crippen LogP contribution in [-0.2, 0) is 11.3 Å². The standard InChI is InChI=1S/C16H15N3O/c1-2-10-19-15(20)12-18-11-6-9-14(18)16(17-19)13-7-4-3-5-8-13/h2-9,11H,1,10,12H2. The summed E-state index contributed by atoms with van der Waals surface area (Å²) in [5, 5.41) is 6.01. The average Bonchev–Trinajstić information content (AvgIpc) is 2.87. The second-order valence-corrected chi connectivity index (χ2v) is 4.60. The predicted molar refractivity (Wildman–Crippen MR) is 78.4 cm³/mol. The Balaban J connectivity index is 2.14. The van der Waals surface area contributed by atoms with Crippen molar-refractivity contribution in [2.45, 2.75) is 6.54 Å². The number of hydrogen-bond donors (Lipinski definition) is 0. The largest absolute Gasteiger partial charge is 0.337 e. The van der Waals surface area contributed by atoms with Gasteiger partial charge in [-0.05, 0) is 12.1 Å². The van der Waals surface area contributed by atoms with Crippen molar-refractivity contribution < 1.29 is 4.79 Å². The first-order chi connectivity index (χ1) is 9.79. The Labute approximate surface area is 117 Å². The number of fused-ring (bicyclic) bond motifs is 1. The van der Waals surface area contributed by atoms with Crippen molar-refractivity contribution in [2.24, 2.45) is 5.10 Å². The molecule has 2 aromatic rings. The third kappa shape index (κ3) is 2.16. The molecule has 1 aromatic heterocycles. The second kappa shape index (κ2) is 5.17. The van der Waals surface area contributed by atoms with Gasteiger partial charge in [-0.25, -0.2) is 5.01 Å². The fourth-order valence-corrected chi connectivity index (χ4v) is 2.29. The molecule has 1 aromatic carbocycles. The topological polar surface area (TPSA) is 37.6 Å². The molecule has 0 spiro atoms. The molecule has 1 amide bonds. The molecule has 0 fully saturated rings. The Hall–Kier alpha value is -2.62. The summed E-state index contributed by atoms with van der Waals surface area (Å²) in [5.74, 6) is -0.0340. The lowest BCUT2D eigenvalue weighted by molar-refractivity contribution is -0.131. The Kier molecular flexibility index (Phi) is 3.21. The number of carbonyl (C=O) groups is 1. The number of amides is 1. The van der Waals surface area contributed by atoms with Gasteiger partial charge in [-0.3, -0.25) is 4.79 Å². The Morgan fingerprint density at radius 1 is 1.20 bits per heavy atom. The first-order valence-electron chi connectivity index (χ1n) is 6.50. The molecule has 1 aliphatic rings. The third-order valence-electron chi connectivity index (χ3n) is 3.24. The summed E-state index contributed by atoms with van der Waals surface area (Å²) >= 11 is 0. The zero-order chi connectivity index (χ0) is 13.9. The molecular weight excluding hydrogens is 250 g/mol. The molecule has 0 N–H and O–H groups in total. The number of carbonyl (C=O) groups excluding carboxylic acids is 1.